The van der Waals surface area contributed by atoms with Gasteiger partial charge in [-0.15, -0.1) is 0 Å². The van der Waals surface area contributed by atoms with Crippen LogP contribution < -0.4 is 0 Å². The minimum Gasteiger partial charge on any atom is -0.296 e. The van der Waals surface area contributed by atoms with Crippen molar-refractivity contribution < 1.29 is 9.59 Å². The van der Waals surface area contributed by atoms with Crippen molar-refractivity contribution in [1.29, 1.82) is 0 Å². The van der Waals surface area contributed by atoms with Crippen LogP contribution >= 0.6 is 0 Å². The molecule has 0 unspecified atom stereocenters. The van der Waals surface area contributed by atoms with Gasteiger partial charge in [-0.3, -0.25) is 29.3 Å². The summed E-state index contributed by atoms with van der Waals surface area (Å²) in [5, 5.41) is 0. The second-order valence-corrected chi connectivity index (χ2v) is 6.48. The van der Waals surface area contributed by atoms with Crippen LogP contribution in [0, 0.1) is 0 Å². The largest absolute Gasteiger partial charge is 0.296 e. The number of rotatable bonds is 4. The van der Waals surface area contributed by atoms with E-state index in [1.54, 1.807) is 30.5 Å². The van der Waals surface area contributed by atoms with E-state index < -0.39 is 0 Å². The van der Waals surface area contributed by atoms with Crippen LogP contribution in [0.25, 0.3) is 0 Å². The van der Waals surface area contributed by atoms with Gasteiger partial charge in [0.15, 0.2) is 0 Å². The number of piperazine rings is 1. The highest BCUT2D eigenvalue weighted by molar-refractivity contribution is 6.21. The third-order valence-electron chi connectivity index (χ3n) is 4.81. The predicted molar refractivity (Wildman–Crippen MR) is 92.9 cm³/mol. The molecule has 1 fully saturated rings. The zero-order chi connectivity index (χ0) is 17.2. The molecule has 128 valence electrons. The zero-order valence-corrected chi connectivity index (χ0v) is 14.0. The van der Waals surface area contributed by atoms with Crippen molar-refractivity contribution in [3.63, 3.8) is 0 Å². The van der Waals surface area contributed by atoms with E-state index in [4.69, 9.17) is 0 Å². The van der Waals surface area contributed by atoms with Crippen molar-refractivity contribution in [3.05, 3.63) is 65.5 Å². The second kappa shape index (κ2) is 6.74. The number of carbonyl (C=O) groups is 2. The maximum absolute atomic E-state index is 12.4. The first-order valence-corrected chi connectivity index (χ1v) is 8.51. The lowest BCUT2D eigenvalue weighted by Crippen LogP contribution is -2.50. The van der Waals surface area contributed by atoms with Crippen molar-refractivity contribution in [2.45, 2.75) is 6.54 Å². The van der Waals surface area contributed by atoms with Gasteiger partial charge in [-0.2, -0.15) is 0 Å². The molecule has 2 aliphatic rings. The summed E-state index contributed by atoms with van der Waals surface area (Å²) in [6, 6.07) is 11.1. The Labute approximate surface area is 146 Å². The van der Waals surface area contributed by atoms with Gasteiger partial charge in [0.2, 0.25) is 0 Å². The Hall–Kier alpha value is -2.57. The summed E-state index contributed by atoms with van der Waals surface area (Å²) in [4.78, 5) is 34.9. The molecule has 0 N–H and O–H groups in total. The number of fused-ring (bicyclic) bond motifs is 1. The van der Waals surface area contributed by atoms with E-state index in [0.717, 1.165) is 32.7 Å². The van der Waals surface area contributed by atoms with Crippen LogP contribution in [0.1, 0.15) is 26.3 Å². The molecule has 0 bridgehead atoms. The molecular formula is C19H20N4O2. The quantitative estimate of drug-likeness (QED) is 0.791. The molecule has 0 atom stereocenters. The molecule has 2 amide bonds. The summed E-state index contributed by atoms with van der Waals surface area (Å²) in [6.07, 6.45) is 3.68. The molecule has 0 radical (unpaired) electrons. The van der Waals surface area contributed by atoms with Gasteiger partial charge in [0, 0.05) is 45.1 Å². The smallest absolute Gasteiger partial charge is 0.262 e. The zero-order valence-electron chi connectivity index (χ0n) is 14.0. The first-order valence-electron chi connectivity index (χ1n) is 8.51. The highest BCUT2D eigenvalue weighted by atomic mass is 16.2. The average Bonchev–Trinajstić information content (AvgIpc) is 2.89. The van der Waals surface area contributed by atoms with Gasteiger partial charge in [-0.1, -0.05) is 18.2 Å². The van der Waals surface area contributed by atoms with Gasteiger partial charge in [0.1, 0.15) is 0 Å². The minimum absolute atomic E-state index is 0.182. The fraction of sp³-hybridized carbons (Fsp3) is 0.316. The molecule has 0 aliphatic carbocycles. The van der Waals surface area contributed by atoms with Crippen molar-refractivity contribution in [1.82, 2.24) is 19.7 Å². The summed E-state index contributed by atoms with van der Waals surface area (Å²) in [7, 11) is 0. The highest BCUT2D eigenvalue weighted by Gasteiger charge is 2.36. The van der Waals surface area contributed by atoms with Crippen LogP contribution in [0.4, 0.5) is 0 Å². The third-order valence-corrected chi connectivity index (χ3v) is 4.81. The maximum atomic E-state index is 12.4. The molecule has 4 rings (SSSR count). The molecule has 0 spiro atoms. The molecule has 2 aliphatic heterocycles. The highest BCUT2D eigenvalue weighted by Crippen LogP contribution is 2.22. The Morgan fingerprint density at radius 1 is 0.840 bits per heavy atom. The van der Waals surface area contributed by atoms with Gasteiger partial charge < -0.3 is 0 Å². The molecule has 1 aromatic carbocycles. The Morgan fingerprint density at radius 3 is 2.08 bits per heavy atom. The minimum atomic E-state index is -0.182. The van der Waals surface area contributed by atoms with Crippen molar-refractivity contribution in [2.24, 2.45) is 0 Å². The molecular weight excluding hydrogens is 316 g/mol. The number of benzene rings is 1. The average molecular weight is 336 g/mol. The molecule has 1 saturated heterocycles. The van der Waals surface area contributed by atoms with Crippen LogP contribution in [0.3, 0.4) is 0 Å². The number of hydrogen-bond donors (Lipinski definition) is 0. The summed E-state index contributed by atoms with van der Waals surface area (Å²) in [5.41, 5.74) is 2.24. The van der Waals surface area contributed by atoms with Gasteiger partial charge in [0.05, 0.1) is 17.8 Å². The van der Waals surface area contributed by atoms with E-state index in [0.29, 0.717) is 17.8 Å². The molecule has 0 saturated carbocycles. The number of nitrogens with zero attached hydrogens (tertiary/aromatic N) is 4. The number of aromatic nitrogens is 1. The van der Waals surface area contributed by atoms with Crippen LogP contribution in [0.5, 0.6) is 0 Å². The predicted octanol–water partition coefficient (Wildman–Crippen LogP) is 1.45. The van der Waals surface area contributed by atoms with E-state index in [1.165, 1.54) is 10.5 Å². The Kier molecular flexibility index (Phi) is 4.29. The summed E-state index contributed by atoms with van der Waals surface area (Å²) in [6.45, 7) is 4.76. The summed E-state index contributed by atoms with van der Waals surface area (Å²) >= 11 is 0. The lowest BCUT2D eigenvalue weighted by atomic mass is 10.1. The van der Waals surface area contributed by atoms with Gasteiger partial charge in [0.25, 0.3) is 11.8 Å². The Morgan fingerprint density at radius 2 is 1.48 bits per heavy atom. The first kappa shape index (κ1) is 15.9. The fourth-order valence-corrected chi connectivity index (χ4v) is 3.41. The van der Waals surface area contributed by atoms with Crippen molar-refractivity contribution in [2.75, 3.05) is 32.8 Å². The molecule has 6 heteroatoms. The lowest BCUT2D eigenvalue weighted by Gasteiger charge is -2.36. The van der Waals surface area contributed by atoms with Crippen molar-refractivity contribution >= 4 is 11.8 Å². The maximum Gasteiger partial charge on any atom is 0.262 e. The van der Waals surface area contributed by atoms with Crippen LogP contribution in [0.15, 0.2) is 48.8 Å². The summed E-state index contributed by atoms with van der Waals surface area (Å²) < 4.78 is 0. The topological polar surface area (TPSA) is 56.8 Å². The SMILES string of the molecule is O=C1c2ccccc2C(=O)N1CN1CCN(Cc2cccnc2)CC1. The normalized spacial score (nSPS) is 18.6. The van der Waals surface area contributed by atoms with E-state index in [2.05, 4.69) is 20.9 Å². The molecule has 1 aromatic heterocycles. The van der Waals surface area contributed by atoms with Gasteiger partial charge in [-0.05, 0) is 23.8 Å². The lowest BCUT2D eigenvalue weighted by molar-refractivity contribution is 0.0447. The third kappa shape index (κ3) is 3.18. The number of pyridine rings is 1. The standard InChI is InChI=1S/C19H20N4O2/c24-18-16-5-1-2-6-17(16)19(25)23(18)14-22-10-8-21(9-11-22)13-15-4-3-7-20-12-15/h1-7,12H,8-11,13-14H2. The van der Waals surface area contributed by atoms with Gasteiger partial charge in [-0.25, -0.2) is 0 Å². The molecule has 6 nitrogen and oxygen atoms in total. The van der Waals surface area contributed by atoms with E-state index >= 15 is 0 Å². The second-order valence-electron chi connectivity index (χ2n) is 6.48. The fourth-order valence-electron chi connectivity index (χ4n) is 3.41. The molecule has 2 aromatic rings. The number of hydrogen-bond acceptors (Lipinski definition) is 5. The molecule has 3 heterocycles. The number of imide groups is 1. The van der Waals surface area contributed by atoms with E-state index in [1.807, 2.05) is 12.3 Å². The van der Waals surface area contributed by atoms with Crippen LogP contribution in [-0.4, -0.2) is 64.3 Å². The number of amides is 2. The van der Waals surface area contributed by atoms with E-state index in [-0.39, 0.29) is 11.8 Å². The van der Waals surface area contributed by atoms with Gasteiger partial charge >= 0.3 is 0 Å². The van der Waals surface area contributed by atoms with Crippen LogP contribution in [-0.2, 0) is 6.54 Å². The summed E-state index contributed by atoms with van der Waals surface area (Å²) in [5.74, 6) is -0.364. The first-order chi connectivity index (χ1) is 12.2. The Balaban J connectivity index is 1.34. The van der Waals surface area contributed by atoms with E-state index in [9.17, 15) is 9.59 Å². The monoisotopic (exact) mass is 336 g/mol. The Bertz CT molecular complexity index is 750. The molecule has 25 heavy (non-hydrogen) atoms. The van der Waals surface area contributed by atoms with Crippen molar-refractivity contribution in [3.8, 4) is 0 Å². The van der Waals surface area contributed by atoms with Crippen LogP contribution in [0.2, 0.25) is 0 Å². The number of carbonyl (C=O) groups excluding carboxylic acids is 2.